The summed E-state index contributed by atoms with van der Waals surface area (Å²) in [5.41, 5.74) is 2.95. The number of hydrogen-bond donors (Lipinski definition) is 1. The molecule has 0 spiro atoms. The van der Waals surface area contributed by atoms with Crippen LogP contribution in [0.15, 0.2) is 121 Å². The highest BCUT2D eigenvalue weighted by Gasteiger charge is 2.21. The Bertz CT molecular complexity index is 1560. The molecule has 4 aromatic carbocycles. The van der Waals surface area contributed by atoms with Crippen molar-refractivity contribution in [2.45, 2.75) is 6.54 Å². The fraction of sp³-hybridized carbons (Fsp3) is 0.0938. The van der Waals surface area contributed by atoms with Gasteiger partial charge in [0.05, 0.1) is 11.4 Å². The SMILES string of the molecule is O=C(CN(Cc1ccccc1)C(=O)COc1ccccc1)Nc1cc(-c2ccccc2)nn1-c1ccc(F)cc1. The van der Waals surface area contributed by atoms with Gasteiger partial charge in [-0.15, -0.1) is 0 Å². The molecule has 200 valence electrons. The van der Waals surface area contributed by atoms with E-state index in [1.807, 2.05) is 78.9 Å². The van der Waals surface area contributed by atoms with Crippen molar-refractivity contribution in [2.24, 2.45) is 0 Å². The minimum atomic E-state index is -0.410. The van der Waals surface area contributed by atoms with Crippen molar-refractivity contribution in [3.8, 4) is 22.7 Å². The molecular weight excluding hydrogens is 507 g/mol. The Balaban J connectivity index is 1.37. The third-order valence-corrected chi connectivity index (χ3v) is 6.13. The van der Waals surface area contributed by atoms with Crippen LogP contribution in [0.3, 0.4) is 0 Å². The number of para-hydroxylation sites is 1. The molecule has 0 fully saturated rings. The highest BCUT2D eigenvalue weighted by atomic mass is 19.1. The number of nitrogens with zero attached hydrogens (tertiary/aromatic N) is 3. The van der Waals surface area contributed by atoms with Crippen molar-refractivity contribution in [2.75, 3.05) is 18.5 Å². The summed E-state index contributed by atoms with van der Waals surface area (Å²) in [5.74, 6) is -0.163. The highest BCUT2D eigenvalue weighted by molar-refractivity contribution is 5.94. The number of aromatic nitrogens is 2. The second-order valence-corrected chi connectivity index (χ2v) is 9.05. The van der Waals surface area contributed by atoms with Crippen LogP contribution in [0.1, 0.15) is 5.56 Å². The smallest absolute Gasteiger partial charge is 0.261 e. The van der Waals surface area contributed by atoms with Gasteiger partial charge in [-0.05, 0) is 42.0 Å². The van der Waals surface area contributed by atoms with E-state index in [-0.39, 0.29) is 31.4 Å². The van der Waals surface area contributed by atoms with Crippen LogP contribution in [0.5, 0.6) is 5.75 Å². The number of hydrogen-bond acceptors (Lipinski definition) is 4. The second kappa shape index (κ2) is 12.5. The van der Waals surface area contributed by atoms with Crippen molar-refractivity contribution in [3.63, 3.8) is 0 Å². The van der Waals surface area contributed by atoms with E-state index in [2.05, 4.69) is 10.4 Å². The van der Waals surface area contributed by atoms with Crippen LogP contribution in [0.4, 0.5) is 10.2 Å². The number of ether oxygens (including phenoxy) is 1. The lowest BCUT2D eigenvalue weighted by atomic mass is 10.1. The first-order valence-electron chi connectivity index (χ1n) is 12.8. The van der Waals surface area contributed by atoms with Gasteiger partial charge in [-0.2, -0.15) is 5.10 Å². The molecule has 8 heteroatoms. The summed E-state index contributed by atoms with van der Waals surface area (Å²) in [6.45, 7) is -0.186. The van der Waals surface area contributed by atoms with E-state index in [1.54, 1.807) is 35.0 Å². The van der Waals surface area contributed by atoms with Gasteiger partial charge in [-0.25, -0.2) is 9.07 Å². The molecule has 0 saturated heterocycles. The molecule has 2 amide bonds. The summed E-state index contributed by atoms with van der Waals surface area (Å²) < 4.78 is 20.8. The molecule has 1 heterocycles. The van der Waals surface area contributed by atoms with Crippen molar-refractivity contribution in [1.82, 2.24) is 14.7 Å². The number of carbonyl (C=O) groups is 2. The topological polar surface area (TPSA) is 76.5 Å². The lowest BCUT2D eigenvalue weighted by molar-refractivity contribution is -0.137. The first kappa shape index (κ1) is 26.4. The standard InChI is InChI=1S/C32H27FN4O3/c33-26-16-18-27(19-17-26)37-30(20-29(35-37)25-12-6-2-7-13-25)34-31(38)22-36(21-24-10-4-1-5-11-24)32(39)23-40-28-14-8-3-9-15-28/h1-20H,21-23H2,(H,34,38). The van der Waals surface area contributed by atoms with E-state index < -0.39 is 5.91 Å². The van der Waals surface area contributed by atoms with Crippen LogP contribution >= 0.6 is 0 Å². The molecule has 1 aromatic heterocycles. The normalized spacial score (nSPS) is 10.6. The molecule has 1 N–H and O–H groups in total. The molecule has 0 aliphatic rings. The molecule has 5 aromatic rings. The zero-order valence-electron chi connectivity index (χ0n) is 21.6. The van der Waals surface area contributed by atoms with Crippen LogP contribution in [0.2, 0.25) is 0 Å². The molecule has 0 saturated carbocycles. The summed E-state index contributed by atoms with van der Waals surface area (Å²) in [5, 5.41) is 7.55. The van der Waals surface area contributed by atoms with E-state index in [4.69, 9.17) is 4.74 Å². The lowest BCUT2D eigenvalue weighted by Crippen LogP contribution is -2.40. The van der Waals surface area contributed by atoms with Gasteiger partial charge in [0.15, 0.2) is 6.61 Å². The Labute approximate surface area is 231 Å². The molecule has 0 radical (unpaired) electrons. The van der Waals surface area contributed by atoms with Gasteiger partial charge in [-0.1, -0.05) is 78.9 Å². The maximum Gasteiger partial charge on any atom is 0.261 e. The third-order valence-electron chi connectivity index (χ3n) is 6.13. The Morgan fingerprint density at radius 2 is 1.45 bits per heavy atom. The third kappa shape index (κ3) is 6.79. The Morgan fingerprint density at radius 3 is 2.12 bits per heavy atom. The van der Waals surface area contributed by atoms with Crippen LogP contribution in [0.25, 0.3) is 16.9 Å². The highest BCUT2D eigenvalue weighted by Crippen LogP contribution is 2.25. The number of rotatable bonds is 10. The zero-order valence-corrected chi connectivity index (χ0v) is 21.6. The van der Waals surface area contributed by atoms with Crippen molar-refractivity contribution in [1.29, 1.82) is 0 Å². The Hall–Kier alpha value is -5.24. The molecule has 0 unspecified atom stereocenters. The van der Waals surface area contributed by atoms with Gasteiger partial charge in [-0.3, -0.25) is 9.59 Å². The lowest BCUT2D eigenvalue weighted by Gasteiger charge is -2.22. The van der Waals surface area contributed by atoms with Crippen LogP contribution in [0, 0.1) is 5.82 Å². The van der Waals surface area contributed by atoms with E-state index >= 15 is 0 Å². The van der Waals surface area contributed by atoms with Crippen LogP contribution in [-0.2, 0) is 16.1 Å². The average molecular weight is 535 g/mol. The van der Waals surface area contributed by atoms with Gasteiger partial charge in [0.1, 0.15) is 23.9 Å². The van der Waals surface area contributed by atoms with E-state index in [1.165, 1.54) is 17.0 Å². The summed E-state index contributed by atoms with van der Waals surface area (Å²) in [6, 6.07) is 35.6. The Kier molecular flexibility index (Phi) is 8.26. The van der Waals surface area contributed by atoms with E-state index in [0.29, 0.717) is 22.9 Å². The van der Waals surface area contributed by atoms with Gasteiger partial charge >= 0.3 is 0 Å². The summed E-state index contributed by atoms with van der Waals surface area (Å²) >= 11 is 0. The summed E-state index contributed by atoms with van der Waals surface area (Å²) in [4.78, 5) is 28.0. The number of anilines is 1. The van der Waals surface area contributed by atoms with E-state index in [9.17, 15) is 14.0 Å². The largest absolute Gasteiger partial charge is 0.484 e. The van der Waals surface area contributed by atoms with Crippen molar-refractivity contribution in [3.05, 3.63) is 133 Å². The number of benzene rings is 4. The molecule has 0 bridgehead atoms. The van der Waals surface area contributed by atoms with Gasteiger partial charge in [0.25, 0.3) is 5.91 Å². The molecule has 0 aliphatic heterocycles. The first-order chi connectivity index (χ1) is 19.5. The summed E-state index contributed by atoms with van der Waals surface area (Å²) in [6.07, 6.45) is 0. The second-order valence-electron chi connectivity index (χ2n) is 9.05. The number of amides is 2. The summed E-state index contributed by atoms with van der Waals surface area (Å²) in [7, 11) is 0. The van der Waals surface area contributed by atoms with Crippen molar-refractivity contribution >= 4 is 17.6 Å². The quantitative estimate of drug-likeness (QED) is 0.249. The molecule has 0 aliphatic carbocycles. The van der Waals surface area contributed by atoms with Gasteiger partial charge < -0.3 is 15.0 Å². The fourth-order valence-corrected chi connectivity index (χ4v) is 4.14. The fourth-order valence-electron chi connectivity index (χ4n) is 4.14. The van der Waals surface area contributed by atoms with Gasteiger partial charge in [0.2, 0.25) is 5.91 Å². The first-order valence-corrected chi connectivity index (χ1v) is 12.8. The monoisotopic (exact) mass is 534 g/mol. The predicted molar refractivity (Wildman–Crippen MR) is 151 cm³/mol. The molecular formula is C32H27FN4O3. The minimum absolute atomic E-state index is 0.207. The molecule has 5 rings (SSSR count). The van der Waals surface area contributed by atoms with Crippen LogP contribution < -0.4 is 10.1 Å². The maximum absolute atomic E-state index is 13.6. The van der Waals surface area contributed by atoms with Crippen molar-refractivity contribution < 1.29 is 18.7 Å². The van der Waals surface area contributed by atoms with E-state index in [0.717, 1.165) is 11.1 Å². The number of nitrogens with one attached hydrogen (secondary N) is 1. The zero-order chi connectivity index (χ0) is 27.7. The van der Waals surface area contributed by atoms with Gasteiger partial charge in [0, 0.05) is 18.2 Å². The molecule has 7 nitrogen and oxygen atoms in total. The average Bonchev–Trinajstić information content (AvgIpc) is 3.41. The number of carbonyl (C=O) groups excluding carboxylic acids is 2. The molecule has 40 heavy (non-hydrogen) atoms. The molecule has 0 atom stereocenters. The Morgan fingerprint density at radius 1 is 0.825 bits per heavy atom. The minimum Gasteiger partial charge on any atom is -0.484 e. The number of halogens is 1. The predicted octanol–water partition coefficient (Wildman–Crippen LogP) is 5.72. The maximum atomic E-state index is 13.6. The van der Waals surface area contributed by atoms with Crippen LogP contribution in [-0.4, -0.2) is 39.6 Å².